The minimum Gasteiger partial charge on any atom is -0.491 e. The number of hydrogen-bond donors (Lipinski definition) is 1. The van der Waals surface area contributed by atoms with Gasteiger partial charge in [-0.2, -0.15) is 0 Å². The molecule has 1 aromatic carbocycles. The summed E-state index contributed by atoms with van der Waals surface area (Å²) < 4.78 is 19.1. The van der Waals surface area contributed by atoms with Gasteiger partial charge in [0, 0.05) is 12.6 Å². The lowest BCUT2D eigenvalue weighted by molar-refractivity contribution is 0.167. The molecule has 0 radical (unpaired) electrons. The fourth-order valence-corrected chi connectivity index (χ4v) is 2.72. The topological polar surface area (TPSA) is 38.5 Å². The van der Waals surface area contributed by atoms with Crippen LogP contribution in [-0.4, -0.2) is 31.1 Å². The van der Waals surface area contributed by atoms with E-state index >= 15 is 0 Å². The normalized spacial score (nSPS) is 18.3. The Morgan fingerprint density at radius 3 is 2.63 bits per heavy atom. The van der Waals surface area contributed by atoms with Crippen molar-refractivity contribution in [3.8, 4) is 5.75 Å². The Balaban J connectivity index is 2.15. The van der Waals surface area contributed by atoms with Gasteiger partial charge in [-0.1, -0.05) is 12.5 Å². The van der Waals surface area contributed by atoms with Gasteiger partial charge in [-0.05, 0) is 50.6 Å². The maximum Gasteiger partial charge on any atom is 0.165 e. The van der Waals surface area contributed by atoms with Crippen molar-refractivity contribution in [2.75, 3.05) is 26.2 Å². The van der Waals surface area contributed by atoms with Crippen LogP contribution in [-0.2, 0) is 0 Å². The number of piperidine rings is 1. The predicted octanol–water partition coefficient (Wildman–Crippen LogP) is 2.71. The number of hydrogen-bond acceptors (Lipinski definition) is 3. The van der Waals surface area contributed by atoms with E-state index in [2.05, 4.69) is 4.90 Å². The van der Waals surface area contributed by atoms with Gasteiger partial charge in [-0.3, -0.25) is 4.90 Å². The summed E-state index contributed by atoms with van der Waals surface area (Å²) in [6, 6.07) is 5.32. The quantitative estimate of drug-likeness (QED) is 0.890. The van der Waals surface area contributed by atoms with E-state index in [0.29, 0.717) is 18.9 Å². The van der Waals surface area contributed by atoms with E-state index in [-0.39, 0.29) is 11.9 Å². The van der Waals surface area contributed by atoms with E-state index in [9.17, 15) is 4.39 Å². The Morgan fingerprint density at radius 1 is 1.32 bits per heavy atom. The first-order valence-corrected chi connectivity index (χ1v) is 7.12. The Morgan fingerprint density at radius 2 is 2.05 bits per heavy atom. The molecule has 0 aliphatic carbocycles. The molecule has 3 nitrogen and oxygen atoms in total. The first-order chi connectivity index (χ1) is 9.26. The first kappa shape index (κ1) is 14.3. The van der Waals surface area contributed by atoms with Crippen LogP contribution >= 0.6 is 0 Å². The maximum absolute atomic E-state index is 13.9. The molecule has 1 fully saturated rings. The summed E-state index contributed by atoms with van der Waals surface area (Å²) in [6.07, 6.45) is 3.69. The lowest BCUT2D eigenvalue weighted by Crippen LogP contribution is -2.37. The Labute approximate surface area is 114 Å². The molecule has 0 bridgehead atoms. The van der Waals surface area contributed by atoms with Gasteiger partial charge in [0.05, 0.1) is 6.61 Å². The molecule has 1 aliphatic heterocycles. The van der Waals surface area contributed by atoms with E-state index in [1.165, 1.54) is 19.3 Å². The van der Waals surface area contributed by atoms with Crippen LogP contribution in [0, 0.1) is 5.82 Å². The van der Waals surface area contributed by atoms with Gasteiger partial charge in [-0.25, -0.2) is 4.39 Å². The second kappa shape index (κ2) is 6.87. The number of ether oxygens (including phenoxy) is 1. The molecule has 19 heavy (non-hydrogen) atoms. The van der Waals surface area contributed by atoms with Crippen LogP contribution in [0.4, 0.5) is 4.39 Å². The summed E-state index contributed by atoms with van der Waals surface area (Å²) in [5.41, 5.74) is 6.84. The highest BCUT2D eigenvalue weighted by atomic mass is 19.1. The zero-order chi connectivity index (χ0) is 13.7. The van der Waals surface area contributed by atoms with Crippen molar-refractivity contribution < 1.29 is 9.13 Å². The molecule has 4 heteroatoms. The third-order valence-electron chi connectivity index (χ3n) is 3.70. The second-order valence-electron chi connectivity index (χ2n) is 4.97. The highest BCUT2D eigenvalue weighted by Gasteiger charge is 2.21. The number of benzene rings is 1. The van der Waals surface area contributed by atoms with Gasteiger partial charge in [-0.15, -0.1) is 0 Å². The fraction of sp³-hybridized carbons (Fsp3) is 0.600. The summed E-state index contributed by atoms with van der Waals surface area (Å²) >= 11 is 0. The first-order valence-electron chi connectivity index (χ1n) is 7.12. The lowest BCUT2D eigenvalue weighted by Gasteiger charge is -2.34. The molecule has 0 saturated carbocycles. The molecule has 0 spiro atoms. The summed E-state index contributed by atoms with van der Waals surface area (Å²) in [7, 11) is 0. The Bertz CT molecular complexity index is 405. The van der Waals surface area contributed by atoms with Crippen molar-refractivity contribution in [3.63, 3.8) is 0 Å². The Kier molecular flexibility index (Phi) is 5.16. The van der Waals surface area contributed by atoms with Gasteiger partial charge in [0.1, 0.15) is 0 Å². The molecule has 106 valence electrons. The molecule has 1 aromatic rings. The highest BCUT2D eigenvalue weighted by molar-refractivity contribution is 5.31. The molecule has 1 aliphatic rings. The third-order valence-corrected chi connectivity index (χ3v) is 3.70. The minimum absolute atomic E-state index is 0.116. The van der Waals surface area contributed by atoms with E-state index in [4.69, 9.17) is 10.5 Å². The monoisotopic (exact) mass is 266 g/mol. The van der Waals surface area contributed by atoms with Crippen LogP contribution in [0.3, 0.4) is 0 Å². The van der Waals surface area contributed by atoms with E-state index in [0.717, 1.165) is 18.7 Å². The van der Waals surface area contributed by atoms with Crippen molar-refractivity contribution in [2.24, 2.45) is 5.73 Å². The van der Waals surface area contributed by atoms with Gasteiger partial charge in [0.25, 0.3) is 0 Å². The minimum atomic E-state index is -0.296. The number of nitrogens with zero attached hydrogens (tertiary/aromatic N) is 1. The standard InChI is InChI=1S/C15H23FN2O/c1-2-19-15-7-6-12(10-13(15)16)14(11-17)18-8-4-3-5-9-18/h6-7,10,14H,2-5,8-9,11,17H2,1H3. The molecule has 1 unspecified atom stereocenters. The molecule has 0 amide bonds. The highest BCUT2D eigenvalue weighted by Crippen LogP contribution is 2.27. The van der Waals surface area contributed by atoms with Crippen molar-refractivity contribution >= 4 is 0 Å². The lowest BCUT2D eigenvalue weighted by atomic mass is 10.0. The van der Waals surface area contributed by atoms with Gasteiger partial charge >= 0.3 is 0 Å². The predicted molar refractivity (Wildman–Crippen MR) is 74.8 cm³/mol. The van der Waals surface area contributed by atoms with E-state index < -0.39 is 0 Å². The summed E-state index contributed by atoms with van der Waals surface area (Å²) in [5, 5.41) is 0. The van der Waals surface area contributed by atoms with Crippen LogP contribution in [0.1, 0.15) is 37.8 Å². The van der Waals surface area contributed by atoms with E-state index in [1.54, 1.807) is 12.1 Å². The summed E-state index contributed by atoms with van der Waals surface area (Å²) in [4.78, 5) is 2.36. The fourth-order valence-electron chi connectivity index (χ4n) is 2.72. The summed E-state index contributed by atoms with van der Waals surface area (Å²) in [6.45, 7) is 4.95. The zero-order valence-corrected chi connectivity index (χ0v) is 11.6. The largest absolute Gasteiger partial charge is 0.491 e. The van der Waals surface area contributed by atoms with Gasteiger partial charge in [0.2, 0.25) is 0 Å². The van der Waals surface area contributed by atoms with Crippen LogP contribution < -0.4 is 10.5 Å². The van der Waals surface area contributed by atoms with Crippen molar-refractivity contribution in [1.29, 1.82) is 0 Å². The van der Waals surface area contributed by atoms with Crippen LogP contribution in [0.25, 0.3) is 0 Å². The van der Waals surface area contributed by atoms with Gasteiger partial charge in [0.15, 0.2) is 11.6 Å². The third kappa shape index (κ3) is 3.45. The molecular formula is C15H23FN2O. The molecule has 0 aromatic heterocycles. The molecule has 1 heterocycles. The molecule has 2 N–H and O–H groups in total. The van der Waals surface area contributed by atoms with Crippen LogP contribution in [0.5, 0.6) is 5.75 Å². The van der Waals surface area contributed by atoms with Gasteiger partial charge < -0.3 is 10.5 Å². The zero-order valence-electron chi connectivity index (χ0n) is 11.6. The average Bonchev–Trinajstić information content (AvgIpc) is 2.44. The number of rotatable bonds is 5. The van der Waals surface area contributed by atoms with Crippen molar-refractivity contribution in [3.05, 3.63) is 29.6 Å². The second-order valence-corrected chi connectivity index (χ2v) is 4.97. The van der Waals surface area contributed by atoms with Crippen LogP contribution in [0.2, 0.25) is 0 Å². The molecule has 1 saturated heterocycles. The smallest absolute Gasteiger partial charge is 0.165 e. The number of halogens is 1. The average molecular weight is 266 g/mol. The molecule has 2 rings (SSSR count). The molecular weight excluding hydrogens is 243 g/mol. The SMILES string of the molecule is CCOc1ccc(C(CN)N2CCCCC2)cc1F. The maximum atomic E-state index is 13.9. The Hall–Kier alpha value is -1.13. The van der Waals surface area contributed by atoms with Crippen molar-refractivity contribution in [1.82, 2.24) is 4.90 Å². The number of nitrogens with two attached hydrogens (primary N) is 1. The van der Waals surface area contributed by atoms with E-state index in [1.807, 2.05) is 13.0 Å². The molecule has 1 atom stereocenters. The summed E-state index contributed by atoms with van der Waals surface area (Å²) in [5.74, 6) is 0.0236. The van der Waals surface area contributed by atoms with Crippen molar-refractivity contribution in [2.45, 2.75) is 32.2 Å². The number of likely N-dealkylation sites (tertiary alicyclic amines) is 1. The van der Waals surface area contributed by atoms with Crippen LogP contribution in [0.15, 0.2) is 18.2 Å².